The topological polar surface area (TPSA) is 37.3 Å². The molecular formula is C13H14O2. The van der Waals surface area contributed by atoms with Crippen LogP contribution in [0.1, 0.15) is 30.9 Å². The molecule has 1 fully saturated rings. The summed E-state index contributed by atoms with van der Waals surface area (Å²) in [5.41, 5.74) is 2.68. The van der Waals surface area contributed by atoms with E-state index in [1.807, 2.05) is 12.1 Å². The second-order valence-electron chi connectivity index (χ2n) is 4.35. The molecule has 0 amide bonds. The van der Waals surface area contributed by atoms with Crippen molar-refractivity contribution in [2.75, 3.05) is 0 Å². The second-order valence-corrected chi connectivity index (χ2v) is 4.35. The van der Waals surface area contributed by atoms with Crippen LogP contribution in [-0.2, 0) is 10.2 Å². The lowest BCUT2D eigenvalue weighted by Gasteiger charge is -2.08. The summed E-state index contributed by atoms with van der Waals surface area (Å²) in [5.74, 6) is -0.909. The summed E-state index contributed by atoms with van der Waals surface area (Å²) in [7, 11) is 0. The number of aliphatic carboxylic acids is 1. The highest BCUT2D eigenvalue weighted by Crippen LogP contribution is 2.47. The summed E-state index contributed by atoms with van der Waals surface area (Å²) in [5, 5.41) is 8.48. The van der Waals surface area contributed by atoms with E-state index in [1.54, 1.807) is 6.08 Å². The van der Waals surface area contributed by atoms with Gasteiger partial charge in [-0.3, -0.25) is 0 Å². The molecule has 0 radical (unpaired) electrons. The van der Waals surface area contributed by atoms with E-state index in [4.69, 9.17) is 5.11 Å². The minimum absolute atomic E-state index is 0.384. The average Bonchev–Trinajstić information content (AvgIpc) is 2.96. The van der Waals surface area contributed by atoms with Crippen LogP contribution in [0.4, 0.5) is 0 Å². The molecule has 2 rings (SSSR count). The van der Waals surface area contributed by atoms with Gasteiger partial charge < -0.3 is 5.11 Å². The Morgan fingerprint density at radius 1 is 1.33 bits per heavy atom. The normalized spacial score (nSPS) is 17.9. The van der Waals surface area contributed by atoms with E-state index in [1.165, 1.54) is 18.4 Å². The van der Waals surface area contributed by atoms with Gasteiger partial charge in [-0.15, -0.1) is 0 Å². The van der Waals surface area contributed by atoms with Crippen molar-refractivity contribution in [1.82, 2.24) is 0 Å². The Labute approximate surface area is 89.2 Å². The van der Waals surface area contributed by atoms with Crippen LogP contribution in [0.2, 0.25) is 0 Å². The van der Waals surface area contributed by atoms with Crippen LogP contribution in [0.5, 0.6) is 0 Å². The van der Waals surface area contributed by atoms with Crippen molar-refractivity contribution in [3.05, 3.63) is 41.5 Å². The van der Waals surface area contributed by atoms with Crippen molar-refractivity contribution in [3.63, 3.8) is 0 Å². The average molecular weight is 202 g/mol. The lowest BCUT2D eigenvalue weighted by atomic mass is 9.97. The highest BCUT2D eigenvalue weighted by atomic mass is 16.4. The van der Waals surface area contributed by atoms with Crippen LogP contribution in [0.25, 0.3) is 6.08 Å². The zero-order valence-electron chi connectivity index (χ0n) is 8.73. The summed E-state index contributed by atoms with van der Waals surface area (Å²) < 4.78 is 0. The summed E-state index contributed by atoms with van der Waals surface area (Å²) in [6.07, 6.45) is 5.30. The van der Waals surface area contributed by atoms with E-state index in [0.29, 0.717) is 5.41 Å². The number of carbonyl (C=O) groups is 1. The van der Waals surface area contributed by atoms with Gasteiger partial charge in [0.15, 0.2) is 0 Å². The lowest BCUT2D eigenvalue weighted by Crippen LogP contribution is -1.98. The lowest BCUT2D eigenvalue weighted by molar-refractivity contribution is -0.131. The third kappa shape index (κ3) is 2.27. The monoisotopic (exact) mass is 202 g/mol. The Balaban J connectivity index is 2.14. The van der Waals surface area contributed by atoms with Crippen molar-refractivity contribution in [3.8, 4) is 0 Å². The molecule has 2 nitrogen and oxygen atoms in total. The number of benzene rings is 1. The minimum Gasteiger partial charge on any atom is -0.478 e. The third-order valence-corrected chi connectivity index (χ3v) is 3.03. The van der Waals surface area contributed by atoms with Crippen molar-refractivity contribution >= 4 is 12.0 Å². The minimum atomic E-state index is -0.909. The van der Waals surface area contributed by atoms with Crippen molar-refractivity contribution in [2.45, 2.75) is 25.2 Å². The van der Waals surface area contributed by atoms with E-state index in [0.717, 1.165) is 11.6 Å². The van der Waals surface area contributed by atoms with Crippen LogP contribution in [-0.4, -0.2) is 11.1 Å². The zero-order valence-corrected chi connectivity index (χ0v) is 8.73. The van der Waals surface area contributed by atoms with E-state index in [-0.39, 0.29) is 0 Å². The zero-order chi connectivity index (χ0) is 10.9. The van der Waals surface area contributed by atoms with Crippen LogP contribution in [0.3, 0.4) is 0 Å². The molecule has 0 spiro atoms. The predicted octanol–water partition coefficient (Wildman–Crippen LogP) is 2.84. The maximum absolute atomic E-state index is 10.3. The maximum atomic E-state index is 10.3. The Morgan fingerprint density at radius 2 is 1.93 bits per heavy atom. The van der Waals surface area contributed by atoms with Crippen LogP contribution in [0.15, 0.2) is 30.3 Å². The van der Waals surface area contributed by atoms with Gasteiger partial charge in [0.2, 0.25) is 0 Å². The highest BCUT2D eigenvalue weighted by molar-refractivity contribution is 5.85. The Kier molecular flexibility index (Phi) is 2.35. The van der Waals surface area contributed by atoms with Gasteiger partial charge in [-0.25, -0.2) is 4.79 Å². The molecule has 1 aromatic carbocycles. The van der Waals surface area contributed by atoms with Gasteiger partial charge in [-0.2, -0.15) is 0 Å². The number of hydrogen-bond donors (Lipinski definition) is 1. The standard InChI is InChI=1S/C13H14O2/c1-13(8-9-13)11-5-2-10(3-6-11)4-7-12(14)15/h2-7H,8-9H2,1H3,(H,14,15)/b7-4+. The fourth-order valence-electron chi connectivity index (χ4n) is 1.64. The third-order valence-electron chi connectivity index (χ3n) is 3.03. The van der Waals surface area contributed by atoms with Crippen molar-refractivity contribution in [1.29, 1.82) is 0 Å². The van der Waals surface area contributed by atoms with E-state index in [9.17, 15) is 4.79 Å². The first-order valence-corrected chi connectivity index (χ1v) is 5.12. The molecule has 1 N–H and O–H groups in total. The molecular weight excluding hydrogens is 188 g/mol. The molecule has 0 atom stereocenters. The van der Waals surface area contributed by atoms with Gasteiger partial charge >= 0.3 is 5.97 Å². The molecule has 0 heterocycles. The second kappa shape index (κ2) is 3.54. The Hall–Kier alpha value is -1.57. The summed E-state index contributed by atoms with van der Waals surface area (Å²) >= 11 is 0. The first kappa shape index (κ1) is 9.97. The van der Waals surface area contributed by atoms with Crippen LogP contribution < -0.4 is 0 Å². The molecule has 0 aromatic heterocycles. The number of carboxylic acid groups (broad SMARTS) is 1. The largest absolute Gasteiger partial charge is 0.478 e. The summed E-state index contributed by atoms with van der Waals surface area (Å²) in [6.45, 7) is 2.26. The number of carboxylic acids is 1. The summed E-state index contributed by atoms with van der Waals surface area (Å²) in [4.78, 5) is 10.3. The van der Waals surface area contributed by atoms with Gasteiger partial charge in [0, 0.05) is 6.08 Å². The fraction of sp³-hybridized carbons (Fsp3) is 0.308. The first-order chi connectivity index (χ1) is 7.10. The van der Waals surface area contributed by atoms with Crippen molar-refractivity contribution < 1.29 is 9.90 Å². The molecule has 2 heteroatoms. The SMILES string of the molecule is CC1(c2ccc(/C=C/C(=O)O)cc2)CC1. The van der Waals surface area contributed by atoms with E-state index < -0.39 is 5.97 Å². The number of hydrogen-bond acceptors (Lipinski definition) is 1. The summed E-state index contributed by atoms with van der Waals surface area (Å²) in [6, 6.07) is 8.12. The van der Waals surface area contributed by atoms with Crippen LogP contribution >= 0.6 is 0 Å². The van der Waals surface area contributed by atoms with Crippen LogP contribution in [0, 0.1) is 0 Å². The van der Waals surface area contributed by atoms with Gasteiger partial charge in [0.1, 0.15) is 0 Å². The Morgan fingerprint density at radius 3 is 2.40 bits per heavy atom. The molecule has 0 unspecified atom stereocenters. The molecule has 0 bridgehead atoms. The van der Waals surface area contributed by atoms with Gasteiger partial charge in [0.05, 0.1) is 0 Å². The van der Waals surface area contributed by atoms with Gasteiger partial charge in [-0.05, 0) is 35.5 Å². The van der Waals surface area contributed by atoms with Gasteiger partial charge in [-0.1, -0.05) is 31.2 Å². The number of rotatable bonds is 3. The molecule has 0 saturated heterocycles. The molecule has 15 heavy (non-hydrogen) atoms. The predicted molar refractivity (Wildman–Crippen MR) is 59.7 cm³/mol. The Bertz CT molecular complexity index is 397. The fourth-order valence-corrected chi connectivity index (χ4v) is 1.64. The molecule has 78 valence electrons. The molecule has 1 aliphatic carbocycles. The molecule has 1 aliphatic rings. The highest BCUT2D eigenvalue weighted by Gasteiger charge is 2.38. The smallest absolute Gasteiger partial charge is 0.328 e. The van der Waals surface area contributed by atoms with E-state index >= 15 is 0 Å². The van der Waals surface area contributed by atoms with E-state index in [2.05, 4.69) is 19.1 Å². The first-order valence-electron chi connectivity index (χ1n) is 5.12. The van der Waals surface area contributed by atoms with Crippen molar-refractivity contribution in [2.24, 2.45) is 0 Å². The maximum Gasteiger partial charge on any atom is 0.328 e. The molecule has 0 aliphatic heterocycles. The van der Waals surface area contributed by atoms with Gasteiger partial charge in [0.25, 0.3) is 0 Å². The molecule has 1 saturated carbocycles. The quantitative estimate of drug-likeness (QED) is 0.765. The molecule has 1 aromatic rings.